The van der Waals surface area contributed by atoms with E-state index in [1.54, 1.807) is 11.8 Å². The fourth-order valence-corrected chi connectivity index (χ4v) is 2.96. The molecule has 5 heteroatoms. The summed E-state index contributed by atoms with van der Waals surface area (Å²) in [7, 11) is 0. The highest BCUT2D eigenvalue weighted by atomic mass is 32.2. The van der Waals surface area contributed by atoms with Crippen LogP contribution in [0.2, 0.25) is 0 Å². The van der Waals surface area contributed by atoms with E-state index in [9.17, 15) is 9.90 Å². The van der Waals surface area contributed by atoms with Crippen LogP contribution in [-0.2, 0) is 11.3 Å². The zero-order valence-electron chi connectivity index (χ0n) is 13.4. The van der Waals surface area contributed by atoms with Crippen molar-refractivity contribution in [1.82, 2.24) is 4.90 Å². The van der Waals surface area contributed by atoms with Gasteiger partial charge in [0, 0.05) is 37.0 Å². The highest BCUT2D eigenvalue weighted by molar-refractivity contribution is 7.99. The van der Waals surface area contributed by atoms with Crippen LogP contribution in [0.25, 0.3) is 0 Å². The average molecular weight is 322 g/mol. The van der Waals surface area contributed by atoms with Crippen LogP contribution in [0.3, 0.4) is 0 Å². The summed E-state index contributed by atoms with van der Waals surface area (Å²) >= 11 is 1.70. The van der Waals surface area contributed by atoms with Crippen molar-refractivity contribution in [2.24, 2.45) is 0 Å². The second kappa shape index (κ2) is 8.56. The van der Waals surface area contributed by atoms with E-state index in [-0.39, 0.29) is 12.0 Å². The molecule has 22 heavy (non-hydrogen) atoms. The van der Waals surface area contributed by atoms with E-state index in [4.69, 9.17) is 0 Å². The minimum Gasteiger partial charge on any atom is -0.393 e. The van der Waals surface area contributed by atoms with Crippen molar-refractivity contribution in [3.05, 3.63) is 29.8 Å². The topological polar surface area (TPSA) is 52.6 Å². The molecule has 0 bridgehead atoms. The number of thioether (sulfide) groups is 1. The zero-order chi connectivity index (χ0) is 15.9. The van der Waals surface area contributed by atoms with Gasteiger partial charge in [-0.15, -0.1) is 0 Å². The van der Waals surface area contributed by atoms with Crippen LogP contribution in [0, 0.1) is 0 Å². The summed E-state index contributed by atoms with van der Waals surface area (Å²) in [5.74, 6) is 0.0726. The molecule has 1 aromatic rings. The molecule has 0 spiro atoms. The molecule has 1 amide bonds. The SMILES string of the molecule is CS[C@H](C)CC(=O)Nc1ccccc1CN1CCC(O)CC1. The molecular weight excluding hydrogens is 296 g/mol. The van der Waals surface area contributed by atoms with Gasteiger partial charge < -0.3 is 10.4 Å². The normalized spacial score (nSPS) is 18.1. The Morgan fingerprint density at radius 3 is 2.77 bits per heavy atom. The van der Waals surface area contributed by atoms with Crippen LogP contribution in [0.15, 0.2) is 24.3 Å². The summed E-state index contributed by atoms with van der Waals surface area (Å²) in [6.07, 6.45) is 4.07. The summed E-state index contributed by atoms with van der Waals surface area (Å²) in [6.45, 7) is 4.70. The minimum absolute atomic E-state index is 0.0726. The molecule has 1 aliphatic heterocycles. The Morgan fingerprint density at radius 1 is 1.41 bits per heavy atom. The molecule has 0 unspecified atom stereocenters. The predicted molar refractivity (Wildman–Crippen MR) is 93.2 cm³/mol. The number of benzene rings is 1. The summed E-state index contributed by atoms with van der Waals surface area (Å²) in [4.78, 5) is 14.4. The number of rotatable bonds is 6. The van der Waals surface area contributed by atoms with Crippen molar-refractivity contribution in [3.8, 4) is 0 Å². The molecule has 2 N–H and O–H groups in total. The van der Waals surface area contributed by atoms with Gasteiger partial charge in [0.2, 0.25) is 5.91 Å². The lowest BCUT2D eigenvalue weighted by molar-refractivity contribution is -0.116. The molecule has 0 aromatic heterocycles. The molecular formula is C17H26N2O2S. The second-order valence-corrected chi connectivity index (χ2v) is 7.24. The molecule has 1 heterocycles. The fraction of sp³-hybridized carbons (Fsp3) is 0.588. The van der Waals surface area contributed by atoms with Gasteiger partial charge in [-0.2, -0.15) is 11.8 Å². The molecule has 0 saturated carbocycles. The van der Waals surface area contributed by atoms with Gasteiger partial charge in [0.1, 0.15) is 0 Å². The number of nitrogens with one attached hydrogen (secondary N) is 1. The molecule has 1 aliphatic rings. The van der Waals surface area contributed by atoms with Gasteiger partial charge in [-0.25, -0.2) is 0 Å². The van der Waals surface area contributed by atoms with E-state index in [1.165, 1.54) is 0 Å². The van der Waals surface area contributed by atoms with Gasteiger partial charge in [-0.1, -0.05) is 25.1 Å². The molecule has 122 valence electrons. The Morgan fingerprint density at radius 2 is 2.09 bits per heavy atom. The number of aliphatic hydroxyl groups excluding tert-OH is 1. The minimum atomic E-state index is -0.153. The molecule has 0 aliphatic carbocycles. The first-order valence-corrected chi connectivity index (χ1v) is 9.18. The number of amides is 1. The maximum atomic E-state index is 12.1. The maximum absolute atomic E-state index is 12.1. The lowest BCUT2D eigenvalue weighted by Crippen LogP contribution is -2.35. The van der Waals surface area contributed by atoms with Gasteiger partial charge in [-0.05, 0) is 30.7 Å². The van der Waals surface area contributed by atoms with E-state index >= 15 is 0 Å². The quantitative estimate of drug-likeness (QED) is 0.845. The fourth-order valence-electron chi connectivity index (χ4n) is 2.64. The number of para-hydroxylation sites is 1. The van der Waals surface area contributed by atoms with Crippen molar-refractivity contribution in [3.63, 3.8) is 0 Å². The van der Waals surface area contributed by atoms with Crippen LogP contribution in [0.4, 0.5) is 5.69 Å². The Hall–Kier alpha value is -1.04. The van der Waals surface area contributed by atoms with Crippen molar-refractivity contribution in [1.29, 1.82) is 0 Å². The summed E-state index contributed by atoms with van der Waals surface area (Å²) in [5, 5.41) is 13.0. The number of piperidine rings is 1. The lowest BCUT2D eigenvalue weighted by Gasteiger charge is -2.30. The monoisotopic (exact) mass is 322 g/mol. The number of likely N-dealkylation sites (tertiary alicyclic amines) is 1. The summed E-state index contributed by atoms with van der Waals surface area (Å²) < 4.78 is 0. The van der Waals surface area contributed by atoms with Gasteiger partial charge in [0.15, 0.2) is 0 Å². The van der Waals surface area contributed by atoms with Crippen LogP contribution < -0.4 is 5.32 Å². The van der Waals surface area contributed by atoms with Gasteiger partial charge >= 0.3 is 0 Å². The van der Waals surface area contributed by atoms with E-state index < -0.39 is 0 Å². The maximum Gasteiger partial charge on any atom is 0.225 e. The number of aliphatic hydroxyl groups is 1. The van der Waals surface area contributed by atoms with Gasteiger partial charge in [-0.3, -0.25) is 9.69 Å². The molecule has 1 fully saturated rings. The van der Waals surface area contributed by atoms with Crippen LogP contribution in [0.1, 0.15) is 31.7 Å². The first kappa shape index (κ1) is 17.3. The number of anilines is 1. The molecule has 1 atom stereocenters. The van der Waals surface area contributed by atoms with Crippen LogP contribution >= 0.6 is 11.8 Å². The van der Waals surface area contributed by atoms with E-state index in [0.717, 1.165) is 43.7 Å². The van der Waals surface area contributed by atoms with E-state index in [0.29, 0.717) is 11.7 Å². The van der Waals surface area contributed by atoms with E-state index in [1.807, 2.05) is 24.5 Å². The molecule has 1 aromatic carbocycles. The third kappa shape index (κ3) is 5.30. The van der Waals surface area contributed by atoms with Crippen molar-refractivity contribution >= 4 is 23.4 Å². The number of hydrogen-bond donors (Lipinski definition) is 2. The standard InChI is InChI=1S/C17H26N2O2S/c1-13(22-2)11-17(21)18-16-6-4-3-5-14(16)12-19-9-7-15(20)8-10-19/h3-6,13,15,20H,7-12H2,1-2H3,(H,18,21)/t13-/m1/s1. The number of carbonyl (C=O) groups excluding carboxylic acids is 1. The van der Waals surface area contributed by atoms with Gasteiger partial charge in [0.05, 0.1) is 6.10 Å². The predicted octanol–water partition coefficient (Wildman–Crippen LogP) is 2.72. The Labute approximate surface area is 137 Å². The molecule has 2 rings (SSSR count). The number of hydrogen-bond acceptors (Lipinski definition) is 4. The Kier molecular flexibility index (Phi) is 6.73. The largest absolute Gasteiger partial charge is 0.393 e. The average Bonchev–Trinajstić information content (AvgIpc) is 2.51. The van der Waals surface area contributed by atoms with Crippen molar-refractivity contribution in [2.75, 3.05) is 24.7 Å². The second-order valence-electron chi connectivity index (χ2n) is 5.96. The first-order valence-electron chi connectivity index (χ1n) is 7.89. The molecule has 4 nitrogen and oxygen atoms in total. The first-order chi connectivity index (χ1) is 10.6. The van der Waals surface area contributed by atoms with Crippen LogP contribution in [0.5, 0.6) is 0 Å². The lowest BCUT2D eigenvalue weighted by atomic mass is 10.1. The summed E-state index contributed by atoms with van der Waals surface area (Å²) in [5.41, 5.74) is 2.05. The number of carbonyl (C=O) groups is 1. The third-order valence-corrected chi connectivity index (χ3v) is 5.09. The van der Waals surface area contributed by atoms with Gasteiger partial charge in [0.25, 0.3) is 0 Å². The Balaban J connectivity index is 1.96. The van der Waals surface area contributed by atoms with E-state index in [2.05, 4.69) is 23.2 Å². The zero-order valence-corrected chi connectivity index (χ0v) is 14.2. The number of nitrogens with zero attached hydrogens (tertiary/aromatic N) is 1. The van der Waals surface area contributed by atoms with Crippen molar-refractivity contribution in [2.45, 2.75) is 44.1 Å². The highest BCUT2D eigenvalue weighted by Crippen LogP contribution is 2.21. The third-order valence-electron chi connectivity index (χ3n) is 4.12. The van der Waals surface area contributed by atoms with Crippen molar-refractivity contribution < 1.29 is 9.90 Å². The molecule has 0 radical (unpaired) electrons. The van der Waals surface area contributed by atoms with Crippen LogP contribution in [-0.4, -0.2) is 46.6 Å². The molecule has 1 saturated heterocycles. The summed E-state index contributed by atoms with van der Waals surface area (Å²) in [6, 6.07) is 8.00. The Bertz CT molecular complexity index is 487. The smallest absolute Gasteiger partial charge is 0.225 e. The highest BCUT2D eigenvalue weighted by Gasteiger charge is 2.18.